The molecule has 1 aromatic carbocycles. The summed E-state index contributed by atoms with van der Waals surface area (Å²) < 4.78 is 15.3. The summed E-state index contributed by atoms with van der Waals surface area (Å²) in [4.78, 5) is 21.3. The van der Waals surface area contributed by atoms with Gasteiger partial charge in [0.05, 0.1) is 23.7 Å². The Morgan fingerprint density at radius 3 is 2.93 bits per heavy atom. The summed E-state index contributed by atoms with van der Waals surface area (Å²) in [5.74, 6) is 0.969. The smallest absolute Gasteiger partial charge is 0.308 e. The number of ether oxygens (including phenoxy) is 2. The monoisotopic (exact) mass is 364 g/mol. The Balaban J connectivity index is 1.81. The molecule has 0 aliphatic carbocycles. The molecule has 1 aliphatic heterocycles. The minimum Gasteiger partial charge on any atom is -0.424 e. The standard InChI is InChI=1S/C20H20N4O3/c1-12-21-19-18(20-22-15-7-3-4-8-16(15)24(12)20)17(27-13(2)25)11-23(19)10-14-6-5-9-26-14/h3-4,7-8,11,14H,5-6,9-10H2,1-2H3/t14-/m1/s1. The number of rotatable bonds is 3. The van der Waals surface area contributed by atoms with Gasteiger partial charge in [-0.2, -0.15) is 0 Å². The van der Waals surface area contributed by atoms with Crippen LogP contribution in [-0.4, -0.2) is 37.6 Å². The number of nitrogens with zero attached hydrogens (tertiary/aromatic N) is 4. The third-order valence-corrected chi connectivity index (χ3v) is 5.07. The molecule has 27 heavy (non-hydrogen) atoms. The highest BCUT2D eigenvalue weighted by atomic mass is 16.5. The number of hydrogen-bond acceptors (Lipinski definition) is 5. The zero-order valence-electron chi connectivity index (χ0n) is 15.3. The summed E-state index contributed by atoms with van der Waals surface area (Å²) in [7, 11) is 0. The number of esters is 1. The second kappa shape index (κ2) is 6.06. The van der Waals surface area contributed by atoms with Crippen molar-refractivity contribution >= 4 is 33.7 Å². The molecule has 0 bridgehead atoms. The lowest BCUT2D eigenvalue weighted by Gasteiger charge is -2.11. The molecule has 7 heteroatoms. The number of aromatic nitrogens is 4. The lowest BCUT2D eigenvalue weighted by atomic mass is 10.2. The third kappa shape index (κ3) is 2.57. The molecule has 1 saturated heterocycles. The molecule has 7 nitrogen and oxygen atoms in total. The second-order valence-corrected chi connectivity index (χ2v) is 6.99. The number of imidazole rings is 1. The molecule has 138 valence electrons. The van der Waals surface area contributed by atoms with Crippen LogP contribution in [0, 0.1) is 6.92 Å². The highest BCUT2D eigenvalue weighted by molar-refractivity contribution is 6.00. The van der Waals surface area contributed by atoms with Crippen LogP contribution in [0.5, 0.6) is 5.75 Å². The summed E-state index contributed by atoms with van der Waals surface area (Å²) >= 11 is 0. The SMILES string of the molecule is CC(=O)Oc1cn(C[C@H]2CCCO2)c2nc(C)n3c4ccccc4nc3c12. The summed E-state index contributed by atoms with van der Waals surface area (Å²) in [6, 6.07) is 7.94. The lowest BCUT2D eigenvalue weighted by molar-refractivity contribution is -0.131. The average Bonchev–Trinajstić information content (AvgIpc) is 3.33. The normalized spacial score (nSPS) is 17.3. The minimum atomic E-state index is -0.360. The molecule has 5 rings (SSSR count). The van der Waals surface area contributed by atoms with Gasteiger partial charge in [0, 0.05) is 19.7 Å². The minimum absolute atomic E-state index is 0.155. The van der Waals surface area contributed by atoms with Crippen molar-refractivity contribution < 1.29 is 14.3 Å². The Kier molecular flexibility index (Phi) is 3.65. The van der Waals surface area contributed by atoms with E-state index in [1.807, 2.05) is 46.4 Å². The number of carbonyl (C=O) groups excluding carboxylic acids is 1. The van der Waals surface area contributed by atoms with Crippen molar-refractivity contribution in [2.45, 2.75) is 39.3 Å². The van der Waals surface area contributed by atoms with E-state index in [1.165, 1.54) is 6.92 Å². The van der Waals surface area contributed by atoms with Gasteiger partial charge in [0.1, 0.15) is 16.9 Å². The Hall–Kier alpha value is -2.93. The first kappa shape index (κ1) is 16.3. The van der Waals surface area contributed by atoms with E-state index >= 15 is 0 Å². The highest BCUT2D eigenvalue weighted by Gasteiger charge is 2.23. The number of para-hydroxylation sites is 2. The molecular formula is C20H20N4O3. The van der Waals surface area contributed by atoms with Crippen LogP contribution in [0.1, 0.15) is 25.6 Å². The van der Waals surface area contributed by atoms with Crippen molar-refractivity contribution in [2.24, 2.45) is 0 Å². The summed E-state index contributed by atoms with van der Waals surface area (Å²) in [5, 5.41) is 0.755. The van der Waals surface area contributed by atoms with E-state index in [1.54, 1.807) is 0 Å². The Morgan fingerprint density at radius 2 is 2.15 bits per heavy atom. The second-order valence-electron chi connectivity index (χ2n) is 6.99. The largest absolute Gasteiger partial charge is 0.424 e. The Labute approximate surface area is 155 Å². The molecule has 4 heterocycles. The molecule has 3 aromatic heterocycles. The van der Waals surface area contributed by atoms with Crippen LogP contribution in [0.25, 0.3) is 27.7 Å². The Morgan fingerprint density at radius 1 is 1.30 bits per heavy atom. The fourth-order valence-corrected chi connectivity index (χ4v) is 3.95. The number of hydrogen-bond donors (Lipinski definition) is 0. The lowest BCUT2D eigenvalue weighted by Crippen LogP contribution is -2.14. The van der Waals surface area contributed by atoms with Crippen LogP contribution in [0.3, 0.4) is 0 Å². The van der Waals surface area contributed by atoms with Crippen LogP contribution in [-0.2, 0) is 16.1 Å². The number of fused-ring (bicyclic) bond motifs is 5. The van der Waals surface area contributed by atoms with E-state index in [2.05, 4.69) is 0 Å². The van der Waals surface area contributed by atoms with Crippen LogP contribution in [0.2, 0.25) is 0 Å². The number of carbonyl (C=O) groups is 1. The van der Waals surface area contributed by atoms with Gasteiger partial charge in [0.25, 0.3) is 0 Å². The van der Waals surface area contributed by atoms with Crippen molar-refractivity contribution in [2.75, 3.05) is 6.61 Å². The third-order valence-electron chi connectivity index (χ3n) is 5.07. The topological polar surface area (TPSA) is 70.7 Å². The number of benzene rings is 1. The van der Waals surface area contributed by atoms with Gasteiger partial charge in [-0.15, -0.1) is 0 Å². The summed E-state index contributed by atoms with van der Waals surface area (Å²) in [6.07, 6.45) is 4.10. The van der Waals surface area contributed by atoms with E-state index < -0.39 is 0 Å². The van der Waals surface area contributed by atoms with Gasteiger partial charge in [-0.25, -0.2) is 9.97 Å². The zero-order valence-corrected chi connectivity index (χ0v) is 15.3. The van der Waals surface area contributed by atoms with Crippen molar-refractivity contribution in [1.82, 2.24) is 18.9 Å². The molecule has 1 atom stereocenters. The van der Waals surface area contributed by atoms with Gasteiger partial charge in [0.15, 0.2) is 11.4 Å². The van der Waals surface area contributed by atoms with Crippen molar-refractivity contribution in [3.05, 3.63) is 36.3 Å². The first-order chi connectivity index (χ1) is 13.1. The predicted molar refractivity (Wildman–Crippen MR) is 101 cm³/mol. The summed E-state index contributed by atoms with van der Waals surface area (Å²) in [6.45, 7) is 4.85. The van der Waals surface area contributed by atoms with Gasteiger partial charge >= 0.3 is 5.97 Å². The van der Waals surface area contributed by atoms with Gasteiger partial charge in [-0.3, -0.25) is 9.20 Å². The van der Waals surface area contributed by atoms with Crippen LogP contribution < -0.4 is 4.74 Å². The molecule has 0 radical (unpaired) electrons. The fraction of sp³-hybridized carbons (Fsp3) is 0.350. The van der Waals surface area contributed by atoms with Gasteiger partial charge in [-0.05, 0) is 31.9 Å². The van der Waals surface area contributed by atoms with E-state index in [9.17, 15) is 4.79 Å². The molecule has 0 saturated carbocycles. The molecular weight excluding hydrogens is 344 g/mol. The fourth-order valence-electron chi connectivity index (χ4n) is 3.95. The van der Waals surface area contributed by atoms with Crippen LogP contribution in [0.15, 0.2) is 30.5 Å². The Bertz CT molecular complexity index is 1180. The zero-order chi connectivity index (χ0) is 18.5. The van der Waals surface area contributed by atoms with E-state index in [-0.39, 0.29) is 12.1 Å². The van der Waals surface area contributed by atoms with Crippen molar-refractivity contribution in [3.8, 4) is 5.75 Å². The van der Waals surface area contributed by atoms with Gasteiger partial charge in [0.2, 0.25) is 0 Å². The molecule has 1 fully saturated rings. The molecule has 0 spiro atoms. The highest BCUT2D eigenvalue weighted by Crippen LogP contribution is 2.34. The predicted octanol–water partition coefficient (Wildman–Crippen LogP) is 3.25. The maximum Gasteiger partial charge on any atom is 0.308 e. The van der Waals surface area contributed by atoms with Crippen LogP contribution in [0.4, 0.5) is 0 Å². The molecule has 4 aromatic rings. The van der Waals surface area contributed by atoms with Crippen LogP contribution >= 0.6 is 0 Å². The quantitative estimate of drug-likeness (QED) is 0.522. The van der Waals surface area contributed by atoms with E-state index in [0.717, 1.165) is 53.0 Å². The summed E-state index contributed by atoms with van der Waals surface area (Å²) in [5.41, 5.74) is 3.39. The van der Waals surface area contributed by atoms with Gasteiger partial charge < -0.3 is 14.0 Å². The average molecular weight is 364 g/mol. The first-order valence-electron chi connectivity index (χ1n) is 9.18. The van der Waals surface area contributed by atoms with Crippen molar-refractivity contribution in [1.29, 1.82) is 0 Å². The van der Waals surface area contributed by atoms with Gasteiger partial charge in [-0.1, -0.05) is 12.1 Å². The molecule has 0 N–H and O–H groups in total. The number of aryl methyl sites for hydroxylation is 1. The molecule has 0 amide bonds. The maximum atomic E-state index is 11.7. The van der Waals surface area contributed by atoms with E-state index in [4.69, 9.17) is 19.4 Å². The molecule has 1 aliphatic rings. The molecule has 0 unspecified atom stereocenters. The first-order valence-corrected chi connectivity index (χ1v) is 9.18. The van der Waals surface area contributed by atoms with E-state index in [0.29, 0.717) is 12.3 Å². The maximum absolute atomic E-state index is 11.7. The van der Waals surface area contributed by atoms with Crippen molar-refractivity contribution in [3.63, 3.8) is 0 Å².